The Hall–Kier alpha value is -2.02. The first kappa shape index (κ1) is 12.4. The lowest BCUT2D eigenvalue weighted by atomic mass is 10.0. The predicted octanol–water partition coefficient (Wildman–Crippen LogP) is 1.97. The zero-order valence-corrected chi connectivity index (χ0v) is 10.2. The lowest BCUT2D eigenvalue weighted by molar-refractivity contribution is -0.122. The summed E-state index contributed by atoms with van der Waals surface area (Å²) in [6, 6.07) is 9.73. The first-order valence-electron chi connectivity index (χ1n) is 6.19. The topological polar surface area (TPSA) is 62.1 Å². The molecule has 0 aromatic heterocycles. The maximum absolute atomic E-state index is 12.0. The van der Waals surface area contributed by atoms with Crippen LogP contribution in [-0.4, -0.2) is 19.1 Å². The molecule has 0 fully saturated rings. The van der Waals surface area contributed by atoms with E-state index in [1.165, 1.54) is 0 Å². The van der Waals surface area contributed by atoms with Crippen molar-refractivity contribution >= 4 is 5.91 Å². The van der Waals surface area contributed by atoms with Crippen LogP contribution in [0.3, 0.4) is 0 Å². The fourth-order valence-corrected chi connectivity index (χ4v) is 2.04. The number of unbranched alkanes of at least 4 members (excludes halogenated alkanes) is 2. The molecule has 1 heterocycles. The van der Waals surface area contributed by atoms with E-state index in [-0.39, 0.29) is 11.8 Å². The van der Waals surface area contributed by atoms with Gasteiger partial charge in [0, 0.05) is 18.5 Å². The third-order valence-corrected chi connectivity index (χ3v) is 3.03. The van der Waals surface area contributed by atoms with Crippen LogP contribution >= 0.6 is 0 Å². The lowest BCUT2D eigenvalue weighted by Crippen LogP contribution is -2.30. The molecule has 1 N–H and O–H groups in total. The number of rotatable bonds is 5. The highest BCUT2D eigenvalue weighted by atomic mass is 16.5. The normalized spacial score (nSPS) is 16.5. The van der Waals surface area contributed by atoms with Gasteiger partial charge in [-0.15, -0.1) is 0 Å². The summed E-state index contributed by atoms with van der Waals surface area (Å²) in [6.07, 6.45) is 2.22. The van der Waals surface area contributed by atoms with Crippen molar-refractivity contribution < 1.29 is 9.53 Å². The monoisotopic (exact) mass is 244 g/mol. The van der Waals surface area contributed by atoms with Crippen LogP contribution in [0.5, 0.6) is 5.75 Å². The second kappa shape index (κ2) is 6.06. The second-order valence-corrected chi connectivity index (χ2v) is 4.31. The minimum Gasteiger partial charge on any atom is -0.492 e. The van der Waals surface area contributed by atoms with Gasteiger partial charge in [0.1, 0.15) is 18.3 Å². The standard InChI is InChI=1S/C14H16N2O2/c15-8-4-1-5-9-16-14(17)12-10-18-13-7-3-2-6-11(12)13/h2-3,6-7,12H,1,4-5,9-10H2,(H,16,17). The Balaban J connectivity index is 1.83. The molecule has 0 spiro atoms. The third kappa shape index (κ3) is 2.80. The minimum absolute atomic E-state index is 0.0110. The Labute approximate surface area is 107 Å². The van der Waals surface area contributed by atoms with Crippen molar-refractivity contribution in [2.75, 3.05) is 13.2 Å². The van der Waals surface area contributed by atoms with E-state index in [0.717, 1.165) is 24.2 Å². The molecule has 0 saturated carbocycles. The number of carbonyl (C=O) groups excluding carboxylic acids is 1. The van der Waals surface area contributed by atoms with Crippen molar-refractivity contribution in [3.8, 4) is 11.8 Å². The number of nitriles is 1. The average molecular weight is 244 g/mol. The molecule has 0 saturated heterocycles. The molecular formula is C14H16N2O2. The second-order valence-electron chi connectivity index (χ2n) is 4.31. The van der Waals surface area contributed by atoms with Crippen LogP contribution in [0.2, 0.25) is 0 Å². The van der Waals surface area contributed by atoms with Gasteiger partial charge >= 0.3 is 0 Å². The Morgan fingerprint density at radius 1 is 1.44 bits per heavy atom. The maximum atomic E-state index is 12.0. The van der Waals surface area contributed by atoms with E-state index >= 15 is 0 Å². The summed E-state index contributed by atoms with van der Waals surface area (Å²) in [5, 5.41) is 11.3. The van der Waals surface area contributed by atoms with Crippen molar-refractivity contribution in [3.05, 3.63) is 29.8 Å². The Morgan fingerprint density at radius 2 is 2.28 bits per heavy atom. The van der Waals surface area contributed by atoms with E-state index in [1.807, 2.05) is 24.3 Å². The summed E-state index contributed by atoms with van der Waals surface area (Å²) in [7, 11) is 0. The highest BCUT2D eigenvalue weighted by Crippen LogP contribution is 2.33. The van der Waals surface area contributed by atoms with Gasteiger partial charge in [0.05, 0.1) is 6.07 Å². The fourth-order valence-electron chi connectivity index (χ4n) is 2.04. The van der Waals surface area contributed by atoms with E-state index in [0.29, 0.717) is 19.6 Å². The summed E-state index contributed by atoms with van der Waals surface area (Å²) in [5.41, 5.74) is 0.965. The number of hydrogen-bond donors (Lipinski definition) is 1. The summed E-state index contributed by atoms with van der Waals surface area (Å²) in [4.78, 5) is 12.0. The molecule has 2 rings (SSSR count). The molecule has 1 aliphatic heterocycles. The van der Waals surface area contributed by atoms with Gasteiger partial charge in [0.2, 0.25) is 5.91 Å². The summed E-state index contributed by atoms with van der Waals surface area (Å²) < 4.78 is 5.47. The van der Waals surface area contributed by atoms with Crippen LogP contribution < -0.4 is 10.1 Å². The molecule has 4 heteroatoms. The number of para-hydroxylation sites is 1. The van der Waals surface area contributed by atoms with Crippen LogP contribution in [0, 0.1) is 11.3 Å². The van der Waals surface area contributed by atoms with E-state index in [9.17, 15) is 4.79 Å². The van der Waals surface area contributed by atoms with Gasteiger partial charge in [-0.1, -0.05) is 18.2 Å². The van der Waals surface area contributed by atoms with Crippen LogP contribution in [-0.2, 0) is 4.79 Å². The van der Waals surface area contributed by atoms with Crippen LogP contribution in [0.4, 0.5) is 0 Å². The molecule has 1 aromatic carbocycles. The Morgan fingerprint density at radius 3 is 3.11 bits per heavy atom. The molecule has 1 aliphatic rings. The first-order valence-corrected chi connectivity index (χ1v) is 6.19. The zero-order chi connectivity index (χ0) is 12.8. The molecule has 0 bridgehead atoms. The predicted molar refractivity (Wildman–Crippen MR) is 67.2 cm³/mol. The van der Waals surface area contributed by atoms with E-state index in [1.54, 1.807) is 0 Å². The highest BCUT2D eigenvalue weighted by molar-refractivity contribution is 5.85. The number of fused-ring (bicyclic) bond motifs is 1. The Kier molecular flexibility index (Phi) is 4.19. The van der Waals surface area contributed by atoms with Gasteiger partial charge in [-0.2, -0.15) is 5.26 Å². The number of nitrogens with zero attached hydrogens (tertiary/aromatic N) is 1. The zero-order valence-electron chi connectivity index (χ0n) is 10.2. The number of ether oxygens (including phenoxy) is 1. The van der Waals surface area contributed by atoms with Crippen molar-refractivity contribution in [2.24, 2.45) is 0 Å². The molecule has 0 aliphatic carbocycles. The lowest BCUT2D eigenvalue weighted by Gasteiger charge is -2.09. The molecule has 4 nitrogen and oxygen atoms in total. The Bertz CT molecular complexity index is 465. The van der Waals surface area contributed by atoms with Crippen molar-refractivity contribution in [1.82, 2.24) is 5.32 Å². The largest absolute Gasteiger partial charge is 0.492 e. The van der Waals surface area contributed by atoms with Crippen molar-refractivity contribution in [1.29, 1.82) is 5.26 Å². The van der Waals surface area contributed by atoms with Crippen LogP contribution in [0.15, 0.2) is 24.3 Å². The molecule has 1 atom stereocenters. The molecule has 18 heavy (non-hydrogen) atoms. The fraction of sp³-hybridized carbons (Fsp3) is 0.429. The highest BCUT2D eigenvalue weighted by Gasteiger charge is 2.29. The first-order chi connectivity index (χ1) is 8.83. The van der Waals surface area contributed by atoms with Gasteiger partial charge in [-0.25, -0.2) is 0 Å². The SMILES string of the molecule is N#CCCCCNC(=O)C1COc2ccccc21. The van der Waals surface area contributed by atoms with E-state index in [4.69, 9.17) is 10.00 Å². The van der Waals surface area contributed by atoms with Crippen molar-refractivity contribution in [2.45, 2.75) is 25.2 Å². The number of nitrogens with one attached hydrogen (secondary N) is 1. The smallest absolute Gasteiger partial charge is 0.231 e. The average Bonchev–Trinajstić information content (AvgIpc) is 2.82. The molecule has 1 amide bonds. The van der Waals surface area contributed by atoms with Gasteiger partial charge in [-0.3, -0.25) is 4.79 Å². The van der Waals surface area contributed by atoms with Crippen LogP contribution in [0.25, 0.3) is 0 Å². The summed E-state index contributed by atoms with van der Waals surface area (Å²) in [5.74, 6) is 0.621. The molecule has 1 unspecified atom stereocenters. The summed E-state index contributed by atoms with van der Waals surface area (Å²) in [6.45, 7) is 1.04. The third-order valence-electron chi connectivity index (χ3n) is 3.03. The minimum atomic E-state index is -0.197. The summed E-state index contributed by atoms with van der Waals surface area (Å²) >= 11 is 0. The van der Waals surface area contributed by atoms with Crippen LogP contribution in [0.1, 0.15) is 30.7 Å². The number of carbonyl (C=O) groups is 1. The number of benzene rings is 1. The van der Waals surface area contributed by atoms with E-state index < -0.39 is 0 Å². The molecular weight excluding hydrogens is 228 g/mol. The van der Waals surface area contributed by atoms with Gasteiger partial charge < -0.3 is 10.1 Å². The molecule has 1 aromatic rings. The van der Waals surface area contributed by atoms with E-state index in [2.05, 4.69) is 11.4 Å². The molecule has 0 radical (unpaired) electrons. The van der Waals surface area contributed by atoms with Gasteiger partial charge in [0.15, 0.2) is 0 Å². The number of hydrogen-bond acceptors (Lipinski definition) is 3. The van der Waals surface area contributed by atoms with Crippen molar-refractivity contribution in [3.63, 3.8) is 0 Å². The quantitative estimate of drug-likeness (QED) is 0.805. The van der Waals surface area contributed by atoms with Gasteiger partial charge in [-0.05, 0) is 18.9 Å². The van der Waals surface area contributed by atoms with Gasteiger partial charge in [0.25, 0.3) is 0 Å². The maximum Gasteiger partial charge on any atom is 0.231 e. The molecule has 94 valence electrons. The number of amides is 1.